The molecule has 1 aliphatic heterocycles. The second-order valence-electron chi connectivity index (χ2n) is 6.58. The monoisotopic (exact) mass is 356 g/mol. The van der Waals surface area contributed by atoms with Crippen molar-refractivity contribution in [2.75, 3.05) is 13.1 Å². The smallest absolute Gasteiger partial charge is 0.312 e. The SMILES string of the molecule is O=C1C(=O)N(C2CCCC2)CCN1Cc1ccc(-c2cncs2)nc1. The van der Waals surface area contributed by atoms with Gasteiger partial charge in [0.15, 0.2) is 0 Å². The van der Waals surface area contributed by atoms with E-state index >= 15 is 0 Å². The lowest BCUT2D eigenvalue weighted by atomic mass is 10.1. The number of hydrogen-bond acceptors (Lipinski definition) is 5. The number of carbonyl (C=O) groups is 2. The first-order chi connectivity index (χ1) is 12.2. The molecule has 0 radical (unpaired) electrons. The van der Waals surface area contributed by atoms with Gasteiger partial charge in [-0.25, -0.2) is 0 Å². The van der Waals surface area contributed by atoms with Crippen LogP contribution in [0.15, 0.2) is 30.0 Å². The Morgan fingerprint density at radius 1 is 1.08 bits per heavy atom. The highest BCUT2D eigenvalue weighted by atomic mass is 32.1. The van der Waals surface area contributed by atoms with Gasteiger partial charge in [0.1, 0.15) is 0 Å². The predicted octanol–water partition coefficient (Wildman–Crippen LogP) is 2.32. The maximum absolute atomic E-state index is 12.5. The first-order valence-corrected chi connectivity index (χ1v) is 9.54. The summed E-state index contributed by atoms with van der Waals surface area (Å²) in [5.41, 5.74) is 3.59. The number of carbonyl (C=O) groups excluding carboxylic acids is 2. The van der Waals surface area contributed by atoms with Crippen molar-refractivity contribution in [3.63, 3.8) is 0 Å². The molecule has 1 aliphatic carbocycles. The largest absolute Gasteiger partial charge is 0.330 e. The van der Waals surface area contributed by atoms with Crippen LogP contribution in [0.4, 0.5) is 0 Å². The molecule has 6 nitrogen and oxygen atoms in total. The molecule has 0 aromatic carbocycles. The lowest BCUT2D eigenvalue weighted by Gasteiger charge is -2.37. The van der Waals surface area contributed by atoms with E-state index in [-0.39, 0.29) is 17.9 Å². The van der Waals surface area contributed by atoms with Gasteiger partial charge in [-0.15, -0.1) is 11.3 Å². The normalized spacial score (nSPS) is 19.0. The second-order valence-corrected chi connectivity index (χ2v) is 7.47. The second kappa shape index (κ2) is 6.92. The Bertz CT molecular complexity index is 754. The van der Waals surface area contributed by atoms with Crippen LogP contribution >= 0.6 is 11.3 Å². The molecule has 25 heavy (non-hydrogen) atoms. The van der Waals surface area contributed by atoms with Crippen LogP contribution in [0.25, 0.3) is 10.6 Å². The Balaban J connectivity index is 1.41. The van der Waals surface area contributed by atoms with E-state index < -0.39 is 0 Å². The number of piperazine rings is 1. The molecule has 0 atom stereocenters. The molecular weight excluding hydrogens is 336 g/mol. The molecule has 1 saturated heterocycles. The first kappa shape index (κ1) is 16.2. The maximum Gasteiger partial charge on any atom is 0.312 e. The van der Waals surface area contributed by atoms with Gasteiger partial charge < -0.3 is 9.80 Å². The molecule has 2 fully saturated rings. The van der Waals surface area contributed by atoms with Crippen LogP contribution in [-0.2, 0) is 16.1 Å². The fourth-order valence-corrected chi connectivity index (χ4v) is 4.23. The average Bonchev–Trinajstić information content (AvgIpc) is 3.33. The lowest BCUT2D eigenvalue weighted by molar-refractivity contribution is -0.158. The zero-order valence-corrected chi connectivity index (χ0v) is 14.7. The number of nitrogens with zero attached hydrogens (tertiary/aromatic N) is 4. The maximum atomic E-state index is 12.5. The van der Waals surface area contributed by atoms with Gasteiger partial charge in [0.25, 0.3) is 0 Å². The van der Waals surface area contributed by atoms with Crippen molar-refractivity contribution >= 4 is 23.2 Å². The van der Waals surface area contributed by atoms with E-state index in [0.717, 1.165) is 41.8 Å². The summed E-state index contributed by atoms with van der Waals surface area (Å²) in [5.74, 6) is -0.725. The van der Waals surface area contributed by atoms with Crippen molar-refractivity contribution in [1.82, 2.24) is 19.8 Å². The van der Waals surface area contributed by atoms with Gasteiger partial charge in [0.2, 0.25) is 0 Å². The molecule has 1 saturated carbocycles. The summed E-state index contributed by atoms with van der Waals surface area (Å²) in [6, 6.07) is 4.16. The minimum atomic E-state index is -0.385. The van der Waals surface area contributed by atoms with E-state index in [1.165, 1.54) is 0 Å². The summed E-state index contributed by atoms with van der Waals surface area (Å²) in [5, 5.41) is 0. The zero-order valence-electron chi connectivity index (χ0n) is 13.9. The minimum absolute atomic E-state index is 0.263. The van der Waals surface area contributed by atoms with Crippen LogP contribution in [0.2, 0.25) is 0 Å². The summed E-state index contributed by atoms with van der Waals surface area (Å²) >= 11 is 1.54. The quantitative estimate of drug-likeness (QED) is 0.789. The Morgan fingerprint density at radius 3 is 2.60 bits per heavy atom. The van der Waals surface area contributed by atoms with E-state index in [1.807, 2.05) is 12.1 Å². The number of aromatic nitrogens is 2. The third-order valence-electron chi connectivity index (χ3n) is 4.99. The summed E-state index contributed by atoms with van der Waals surface area (Å²) in [6.07, 6.45) is 7.94. The Hall–Kier alpha value is -2.28. The van der Waals surface area contributed by atoms with Gasteiger partial charge in [-0.05, 0) is 24.5 Å². The van der Waals surface area contributed by atoms with Crippen LogP contribution < -0.4 is 0 Å². The van der Waals surface area contributed by atoms with Crippen molar-refractivity contribution in [1.29, 1.82) is 0 Å². The molecule has 7 heteroatoms. The van der Waals surface area contributed by atoms with Crippen molar-refractivity contribution in [2.45, 2.75) is 38.3 Å². The molecule has 0 spiro atoms. The van der Waals surface area contributed by atoms with Gasteiger partial charge >= 0.3 is 11.8 Å². The molecule has 2 amide bonds. The number of pyridine rings is 1. The highest BCUT2D eigenvalue weighted by Crippen LogP contribution is 2.26. The summed E-state index contributed by atoms with van der Waals surface area (Å²) in [6.45, 7) is 1.67. The minimum Gasteiger partial charge on any atom is -0.330 e. The molecule has 3 heterocycles. The summed E-state index contributed by atoms with van der Waals surface area (Å²) in [4.78, 5) is 37.8. The number of thiazole rings is 1. The van der Waals surface area contributed by atoms with E-state index in [4.69, 9.17) is 0 Å². The molecule has 0 bridgehead atoms. The van der Waals surface area contributed by atoms with Crippen LogP contribution in [0.1, 0.15) is 31.2 Å². The Kier molecular flexibility index (Phi) is 4.48. The molecule has 130 valence electrons. The van der Waals surface area contributed by atoms with Crippen molar-refractivity contribution < 1.29 is 9.59 Å². The van der Waals surface area contributed by atoms with E-state index in [2.05, 4.69) is 9.97 Å². The Morgan fingerprint density at radius 2 is 1.92 bits per heavy atom. The van der Waals surface area contributed by atoms with Crippen molar-refractivity contribution in [3.05, 3.63) is 35.6 Å². The Labute approximate surface area is 150 Å². The van der Waals surface area contributed by atoms with Crippen molar-refractivity contribution in [2.24, 2.45) is 0 Å². The molecule has 0 unspecified atom stereocenters. The lowest BCUT2D eigenvalue weighted by Crippen LogP contribution is -2.56. The first-order valence-electron chi connectivity index (χ1n) is 8.66. The van der Waals surface area contributed by atoms with Crippen LogP contribution in [0.3, 0.4) is 0 Å². The van der Waals surface area contributed by atoms with Crippen LogP contribution in [-0.4, -0.2) is 50.7 Å². The number of amides is 2. The van der Waals surface area contributed by atoms with Gasteiger partial charge in [-0.2, -0.15) is 0 Å². The third-order valence-corrected chi connectivity index (χ3v) is 5.79. The predicted molar refractivity (Wildman–Crippen MR) is 94.7 cm³/mol. The average molecular weight is 356 g/mol. The standard InChI is InChI=1S/C18H20N4O2S/c23-17-18(24)22(14-3-1-2-4-14)8-7-21(17)11-13-5-6-15(20-9-13)16-10-19-12-25-16/h5-6,9-10,12,14H,1-4,7-8,11H2. The van der Waals surface area contributed by atoms with E-state index in [9.17, 15) is 9.59 Å². The molecule has 2 aliphatic rings. The van der Waals surface area contributed by atoms with Gasteiger partial charge in [0, 0.05) is 38.1 Å². The van der Waals surface area contributed by atoms with Gasteiger partial charge in [-0.1, -0.05) is 18.9 Å². The fraction of sp³-hybridized carbons (Fsp3) is 0.444. The zero-order chi connectivity index (χ0) is 17.2. The molecule has 2 aromatic heterocycles. The molecule has 4 rings (SSSR count). The van der Waals surface area contributed by atoms with Crippen LogP contribution in [0.5, 0.6) is 0 Å². The van der Waals surface area contributed by atoms with Gasteiger partial charge in [0.05, 0.1) is 16.1 Å². The van der Waals surface area contributed by atoms with E-state index in [0.29, 0.717) is 19.6 Å². The number of rotatable bonds is 4. The highest BCUT2D eigenvalue weighted by molar-refractivity contribution is 7.13. The topological polar surface area (TPSA) is 66.4 Å². The highest BCUT2D eigenvalue weighted by Gasteiger charge is 2.37. The summed E-state index contributed by atoms with van der Waals surface area (Å²) < 4.78 is 0. The van der Waals surface area contributed by atoms with Crippen LogP contribution in [0, 0.1) is 0 Å². The fourth-order valence-electron chi connectivity index (χ4n) is 3.63. The van der Waals surface area contributed by atoms with E-state index in [1.54, 1.807) is 39.0 Å². The molecular formula is C18H20N4O2S. The van der Waals surface area contributed by atoms with Gasteiger partial charge in [-0.3, -0.25) is 19.6 Å². The molecule has 0 N–H and O–H groups in total. The van der Waals surface area contributed by atoms with Crippen molar-refractivity contribution in [3.8, 4) is 10.6 Å². The molecule has 2 aromatic rings. The summed E-state index contributed by atoms with van der Waals surface area (Å²) in [7, 11) is 0. The number of hydrogen-bond donors (Lipinski definition) is 0. The third kappa shape index (κ3) is 3.28.